The first-order valence-electron chi connectivity index (χ1n) is 9.67. The lowest BCUT2D eigenvalue weighted by Crippen LogP contribution is -2.05. The molecule has 0 radical (unpaired) electrons. The van der Waals surface area contributed by atoms with E-state index in [1.54, 1.807) is 48.5 Å². The first-order valence-corrected chi connectivity index (χ1v) is 9.67. The van der Waals surface area contributed by atoms with Crippen LogP contribution in [-0.4, -0.2) is 38.7 Å². The average molecular weight is 429 g/mol. The third-order valence-electron chi connectivity index (χ3n) is 5.12. The zero-order valence-corrected chi connectivity index (χ0v) is 17.0. The van der Waals surface area contributed by atoms with Gasteiger partial charge in [-0.3, -0.25) is 9.36 Å². The van der Waals surface area contributed by atoms with E-state index >= 15 is 0 Å². The van der Waals surface area contributed by atoms with Crippen LogP contribution in [0.5, 0.6) is 17.4 Å². The number of aromatic hydroxyl groups is 2. The second-order valence-corrected chi connectivity index (χ2v) is 7.01. The summed E-state index contributed by atoms with van der Waals surface area (Å²) in [5.41, 5.74) is 1.56. The Morgan fingerprint density at radius 2 is 1.41 bits per heavy atom. The Hall–Kier alpha value is -4.52. The maximum absolute atomic E-state index is 13.4. The van der Waals surface area contributed by atoms with Crippen LogP contribution in [0.3, 0.4) is 0 Å². The Bertz CT molecular complexity index is 1290. The number of hydrogen-bond acceptors (Lipinski definition) is 5. The molecule has 0 unspecified atom stereocenters. The third kappa shape index (κ3) is 3.56. The van der Waals surface area contributed by atoms with Gasteiger partial charge < -0.3 is 20.1 Å². The highest BCUT2D eigenvalue weighted by Gasteiger charge is 2.29. The first-order chi connectivity index (χ1) is 15.4. The molecule has 0 fully saturated rings. The summed E-state index contributed by atoms with van der Waals surface area (Å²) in [7, 11) is 1.52. The molecule has 0 atom stereocenters. The number of benzene rings is 3. The molecule has 0 aliphatic carbocycles. The molecule has 0 bridgehead atoms. The van der Waals surface area contributed by atoms with Gasteiger partial charge >= 0.3 is 5.97 Å². The van der Waals surface area contributed by atoms with Crippen LogP contribution in [0, 0.1) is 0 Å². The lowest BCUT2D eigenvalue weighted by atomic mass is 9.99. The number of nitrogens with zero attached hydrogens (tertiary/aromatic N) is 1. The molecule has 4 rings (SSSR count). The number of carboxylic acid groups (broad SMARTS) is 1. The number of hydrogen-bond donors (Lipinski definition) is 3. The van der Waals surface area contributed by atoms with Gasteiger partial charge in [0.25, 0.3) is 0 Å². The van der Waals surface area contributed by atoms with E-state index in [0.717, 1.165) is 0 Å². The summed E-state index contributed by atoms with van der Waals surface area (Å²) in [6.07, 6.45) is 0. The summed E-state index contributed by atoms with van der Waals surface area (Å²) >= 11 is 0. The Morgan fingerprint density at radius 1 is 0.812 bits per heavy atom. The Labute approximate surface area is 183 Å². The second-order valence-electron chi connectivity index (χ2n) is 7.01. The van der Waals surface area contributed by atoms with E-state index in [1.807, 2.05) is 6.07 Å². The van der Waals surface area contributed by atoms with E-state index < -0.39 is 23.4 Å². The fourth-order valence-electron chi connectivity index (χ4n) is 3.52. The monoisotopic (exact) mass is 429 g/mol. The van der Waals surface area contributed by atoms with Crippen molar-refractivity contribution in [3.8, 4) is 34.3 Å². The fourth-order valence-corrected chi connectivity index (χ4v) is 3.52. The highest BCUT2D eigenvalue weighted by molar-refractivity contribution is 6.15. The molecule has 0 saturated carbocycles. The van der Waals surface area contributed by atoms with Crippen LogP contribution in [0.1, 0.15) is 26.3 Å². The lowest BCUT2D eigenvalue weighted by molar-refractivity contribution is 0.0696. The predicted octanol–water partition coefficient (Wildman–Crippen LogP) is 4.49. The minimum atomic E-state index is -1.09. The van der Waals surface area contributed by atoms with E-state index in [1.165, 1.54) is 35.9 Å². The molecule has 0 saturated heterocycles. The van der Waals surface area contributed by atoms with E-state index in [2.05, 4.69) is 0 Å². The standard InChI is InChI=1S/C25H19NO6/c1-32-19-13-9-16(10-14-19)22(27)20-21(15-5-3-2-4-6-15)26(24(29)23(20)28)18-11-7-17(8-12-18)25(30)31/h2-14,28-29H,1H3,(H,30,31). The molecular formula is C25H19NO6. The van der Waals surface area contributed by atoms with Gasteiger partial charge in [-0.2, -0.15) is 0 Å². The Balaban J connectivity index is 1.95. The van der Waals surface area contributed by atoms with Crippen LogP contribution in [0.4, 0.5) is 0 Å². The number of carboxylic acids is 1. The normalized spacial score (nSPS) is 10.7. The average Bonchev–Trinajstić information content (AvgIpc) is 3.09. The maximum atomic E-state index is 13.4. The van der Waals surface area contributed by atoms with E-state index in [4.69, 9.17) is 9.84 Å². The predicted molar refractivity (Wildman–Crippen MR) is 118 cm³/mol. The highest BCUT2D eigenvalue weighted by atomic mass is 16.5. The molecule has 1 heterocycles. The molecule has 3 N–H and O–H groups in total. The molecule has 0 aliphatic rings. The van der Waals surface area contributed by atoms with Gasteiger partial charge in [0.1, 0.15) is 5.75 Å². The van der Waals surface area contributed by atoms with Crippen molar-refractivity contribution in [2.45, 2.75) is 0 Å². The number of rotatable bonds is 6. The number of carbonyl (C=O) groups excluding carboxylic acids is 1. The molecule has 0 spiro atoms. The van der Waals surface area contributed by atoms with Gasteiger partial charge in [0, 0.05) is 11.3 Å². The van der Waals surface area contributed by atoms with Gasteiger partial charge in [0.2, 0.25) is 5.88 Å². The number of aromatic nitrogens is 1. The zero-order chi connectivity index (χ0) is 22.8. The molecule has 160 valence electrons. The number of carbonyl (C=O) groups is 2. The molecule has 32 heavy (non-hydrogen) atoms. The van der Waals surface area contributed by atoms with Crippen molar-refractivity contribution < 1.29 is 29.6 Å². The molecule has 4 aromatic rings. The quantitative estimate of drug-likeness (QED) is 0.390. The highest BCUT2D eigenvalue weighted by Crippen LogP contribution is 2.44. The van der Waals surface area contributed by atoms with Gasteiger partial charge in [0.15, 0.2) is 11.5 Å². The summed E-state index contributed by atoms with van der Waals surface area (Å²) < 4.78 is 6.46. The van der Waals surface area contributed by atoms with Crippen molar-refractivity contribution in [3.63, 3.8) is 0 Å². The molecule has 7 nitrogen and oxygen atoms in total. The number of ether oxygens (including phenoxy) is 1. The second kappa shape index (κ2) is 8.31. The van der Waals surface area contributed by atoms with Crippen LogP contribution >= 0.6 is 0 Å². The molecular weight excluding hydrogens is 410 g/mol. The van der Waals surface area contributed by atoms with Crippen molar-refractivity contribution >= 4 is 11.8 Å². The minimum absolute atomic E-state index is 0.0684. The van der Waals surface area contributed by atoms with Crippen molar-refractivity contribution in [3.05, 3.63) is 95.6 Å². The summed E-state index contributed by atoms with van der Waals surface area (Å²) in [4.78, 5) is 24.6. The third-order valence-corrected chi connectivity index (χ3v) is 5.12. The zero-order valence-electron chi connectivity index (χ0n) is 17.0. The van der Waals surface area contributed by atoms with Gasteiger partial charge in [0.05, 0.1) is 23.9 Å². The summed E-state index contributed by atoms with van der Waals surface area (Å²) in [6, 6.07) is 21.0. The van der Waals surface area contributed by atoms with Crippen LogP contribution in [0.2, 0.25) is 0 Å². The van der Waals surface area contributed by atoms with Crippen molar-refractivity contribution in [1.29, 1.82) is 0 Å². The maximum Gasteiger partial charge on any atom is 0.335 e. The van der Waals surface area contributed by atoms with Crippen LogP contribution in [-0.2, 0) is 0 Å². The van der Waals surface area contributed by atoms with Crippen molar-refractivity contribution in [2.24, 2.45) is 0 Å². The van der Waals surface area contributed by atoms with Gasteiger partial charge in [-0.25, -0.2) is 4.79 Å². The minimum Gasteiger partial charge on any atom is -0.503 e. The van der Waals surface area contributed by atoms with E-state index in [-0.39, 0.29) is 16.8 Å². The Kier molecular flexibility index (Phi) is 5.39. The van der Waals surface area contributed by atoms with Crippen LogP contribution < -0.4 is 4.74 Å². The Morgan fingerprint density at radius 3 is 1.97 bits per heavy atom. The van der Waals surface area contributed by atoms with Crippen molar-refractivity contribution in [2.75, 3.05) is 7.11 Å². The first kappa shape index (κ1) is 20.7. The molecule has 0 aliphatic heterocycles. The van der Waals surface area contributed by atoms with Crippen molar-refractivity contribution in [1.82, 2.24) is 4.57 Å². The SMILES string of the molecule is COc1ccc(C(=O)c2c(O)c(O)n(-c3ccc(C(=O)O)cc3)c2-c2ccccc2)cc1. The summed E-state index contributed by atoms with van der Waals surface area (Å²) in [5, 5.41) is 30.7. The summed E-state index contributed by atoms with van der Waals surface area (Å²) in [6.45, 7) is 0. The molecule has 7 heteroatoms. The van der Waals surface area contributed by atoms with Gasteiger partial charge in [-0.15, -0.1) is 0 Å². The van der Waals surface area contributed by atoms with Gasteiger partial charge in [-0.05, 0) is 54.1 Å². The molecule has 1 aromatic heterocycles. The molecule has 0 amide bonds. The number of aromatic carboxylic acids is 1. The van der Waals surface area contributed by atoms with Gasteiger partial charge in [-0.1, -0.05) is 30.3 Å². The van der Waals surface area contributed by atoms with Crippen LogP contribution in [0.25, 0.3) is 16.9 Å². The fraction of sp³-hybridized carbons (Fsp3) is 0.0400. The number of ketones is 1. The lowest BCUT2D eigenvalue weighted by Gasteiger charge is -2.12. The van der Waals surface area contributed by atoms with E-state index in [0.29, 0.717) is 22.6 Å². The number of methoxy groups -OCH3 is 1. The smallest absolute Gasteiger partial charge is 0.335 e. The van der Waals surface area contributed by atoms with Crippen LogP contribution in [0.15, 0.2) is 78.9 Å². The topological polar surface area (TPSA) is 109 Å². The largest absolute Gasteiger partial charge is 0.503 e. The molecule has 3 aromatic carbocycles. The van der Waals surface area contributed by atoms with E-state index in [9.17, 15) is 19.8 Å². The summed E-state index contributed by atoms with van der Waals surface area (Å²) in [5.74, 6) is -2.08.